The SMILES string of the molecule is c1ccc2c(c1)nc(N1CCOCC1)c1ccc(N3CCCCC3)n12. The van der Waals surface area contributed by atoms with Crippen molar-refractivity contribution >= 4 is 28.2 Å². The van der Waals surface area contributed by atoms with E-state index in [-0.39, 0.29) is 0 Å². The first-order chi connectivity index (χ1) is 12.4. The van der Waals surface area contributed by atoms with Gasteiger partial charge in [0.15, 0.2) is 5.82 Å². The van der Waals surface area contributed by atoms with Gasteiger partial charge in [-0.3, -0.25) is 4.40 Å². The second-order valence-corrected chi connectivity index (χ2v) is 6.98. The van der Waals surface area contributed by atoms with Crippen LogP contribution in [0.15, 0.2) is 36.4 Å². The van der Waals surface area contributed by atoms with Crippen LogP contribution in [0.1, 0.15) is 19.3 Å². The molecule has 4 heterocycles. The molecule has 5 nitrogen and oxygen atoms in total. The van der Waals surface area contributed by atoms with Crippen molar-refractivity contribution < 1.29 is 4.74 Å². The van der Waals surface area contributed by atoms with Gasteiger partial charge >= 0.3 is 0 Å². The molecule has 2 aliphatic rings. The number of rotatable bonds is 2. The summed E-state index contributed by atoms with van der Waals surface area (Å²) in [4.78, 5) is 9.92. The van der Waals surface area contributed by atoms with Gasteiger partial charge in [0.05, 0.1) is 29.8 Å². The maximum atomic E-state index is 5.54. The smallest absolute Gasteiger partial charge is 0.153 e. The Hall–Kier alpha value is -2.27. The Kier molecular flexibility index (Phi) is 3.74. The molecule has 0 N–H and O–H groups in total. The average Bonchev–Trinajstić information content (AvgIpc) is 3.14. The Morgan fingerprint density at radius 1 is 0.760 bits per heavy atom. The minimum absolute atomic E-state index is 0.778. The summed E-state index contributed by atoms with van der Waals surface area (Å²) in [5.41, 5.74) is 3.47. The summed E-state index contributed by atoms with van der Waals surface area (Å²) in [5, 5.41) is 0. The first kappa shape index (κ1) is 15.0. The molecule has 0 spiro atoms. The second-order valence-electron chi connectivity index (χ2n) is 6.98. The maximum Gasteiger partial charge on any atom is 0.153 e. The van der Waals surface area contributed by atoms with Crippen molar-refractivity contribution in [3.63, 3.8) is 0 Å². The number of ether oxygens (including phenoxy) is 1. The van der Waals surface area contributed by atoms with Gasteiger partial charge in [-0.15, -0.1) is 0 Å². The van der Waals surface area contributed by atoms with Crippen molar-refractivity contribution in [1.29, 1.82) is 0 Å². The molecule has 2 aromatic heterocycles. The third-order valence-corrected chi connectivity index (χ3v) is 5.43. The number of anilines is 2. The molecule has 2 saturated heterocycles. The molecular formula is C20H24N4O. The molecule has 0 atom stereocenters. The first-order valence-electron chi connectivity index (χ1n) is 9.40. The number of piperidine rings is 1. The molecular weight excluding hydrogens is 312 g/mol. The Bertz CT molecular complexity index is 891. The van der Waals surface area contributed by atoms with Crippen LogP contribution in [0.25, 0.3) is 16.6 Å². The lowest BCUT2D eigenvalue weighted by Crippen LogP contribution is -2.37. The molecule has 2 fully saturated rings. The predicted octanol–water partition coefficient (Wildman–Crippen LogP) is 3.31. The number of benzene rings is 1. The lowest BCUT2D eigenvalue weighted by atomic mass is 10.1. The van der Waals surface area contributed by atoms with Crippen LogP contribution in [-0.2, 0) is 4.74 Å². The average molecular weight is 336 g/mol. The summed E-state index contributed by atoms with van der Waals surface area (Å²) in [6.45, 7) is 5.67. The Labute approximate surface area is 147 Å². The van der Waals surface area contributed by atoms with Crippen LogP contribution in [0.4, 0.5) is 11.6 Å². The van der Waals surface area contributed by atoms with Crippen molar-refractivity contribution in [2.45, 2.75) is 19.3 Å². The fourth-order valence-electron chi connectivity index (χ4n) is 4.15. The number of aromatic nitrogens is 2. The number of para-hydroxylation sites is 2. The van der Waals surface area contributed by atoms with Gasteiger partial charge in [-0.25, -0.2) is 4.98 Å². The molecule has 130 valence electrons. The molecule has 0 bridgehead atoms. The summed E-state index contributed by atoms with van der Waals surface area (Å²) in [6, 6.07) is 13.0. The van der Waals surface area contributed by atoms with E-state index in [0.717, 1.165) is 50.7 Å². The van der Waals surface area contributed by atoms with Crippen molar-refractivity contribution in [1.82, 2.24) is 9.38 Å². The van der Waals surface area contributed by atoms with Crippen molar-refractivity contribution in [2.75, 3.05) is 49.2 Å². The van der Waals surface area contributed by atoms with Gasteiger partial charge in [0, 0.05) is 26.2 Å². The quantitative estimate of drug-likeness (QED) is 0.719. The Morgan fingerprint density at radius 3 is 2.40 bits per heavy atom. The lowest BCUT2D eigenvalue weighted by molar-refractivity contribution is 0.122. The fourth-order valence-corrected chi connectivity index (χ4v) is 4.15. The van der Waals surface area contributed by atoms with Crippen LogP contribution in [0.5, 0.6) is 0 Å². The Balaban J connectivity index is 1.73. The zero-order valence-electron chi connectivity index (χ0n) is 14.5. The molecule has 0 amide bonds. The highest BCUT2D eigenvalue weighted by Gasteiger charge is 2.21. The van der Waals surface area contributed by atoms with Crippen LogP contribution in [0.3, 0.4) is 0 Å². The van der Waals surface area contributed by atoms with E-state index < -0.39 is 0 Å². The minimum atomic E-state index is 0.778. The molecule has 0 aliphatic carbocycles. The molecule has 5 heteroatoms. The van der Waals surface area contributed by atoms with E-state index in [9.17, 15) is 0 Å². The van der Waals surface area contributed by atoms with E-state index in [1.807, 2.05) is 0 Å². The fraction of sp³-hybridized carbons (Fsp3) is 0.450. The van der Waals surface area contributed by atoms with Gasteiger partial charge in [0.2, 0.25) is 0 Å². The molecule has 0 radical (unpaired) electrons. The first-order valence-corrected chi connectivity index (χ1v) is 9.40. The van der Waals surface area contributed by atoms with Gasteiger partial charge < -0.3 is 14.5 Å². The number of morpholine rings is 1. The van der Waals surface area contributed by atoms with Gasteiger partial charge in [-0.1, -0.05) is 12.1 Å². The van der Waals surface area contributed by atoms with Crippen LogP contribution in [0, 0.1) is 0 Å². The zero-order valence-corrected chi connectivity index (χ0v) is 14.5. The van der Waals surface area contributed by atoms with E-state index in [1.165, 1.54) is 36.1 Å². The van der Waals surface area contributed by atoms with Crippen LogP contribution in [-0.4, -0.2) is 48.8 Å². The second kappa shape index (κ2) is 6.23. The topological polar surface area (TPSA) is 33.0 Å². The number of hydrogen-bond donors (Lipinski definition) is 0. The summed E-state index contributed by atoms with van der Waals surface area (Å²) in [6.07, 6.45) is 3.92. The standard InChI is InChI=1S/C20H24N4O/c1-4-10-22(11-5-1)19-9-8-18-20(23-12-14-25-15-13-23)21-16-6-2-3-7-17(16)24(18)19/h2-3,6-9H,1,4-5,10-15H2. The summed E-state index contributed by atoms with van der Waals surface area (Å²) >= 11 is 0. The van der Waals surface area contributed by atoms with Crippen molar-refractivity contribution in [3.05, 3.63) is 36.4 Å². The third-order valence-electron chi connectivity index (χ3n) is 5.43. The highest BCUT2D eigenvalue weighted by molar-refractivity contribution is 5.87. The number of fused-ring (bicyclic) bond motifs is 3. The normalized spacial score (nSPS) is 19.0. The molecule has 5 rings (SSSR count). The molecule has 1 aromatic carbocycles. The molecule has 25 heavy (non-hydrogen) atoms. The van der Waals surface area contributed by atoms with Crippen LogP contribution in [0.2, 0.25) is 0 Å². The van der Waals surface area contributed by atoms with Crippen molar-refractivity contribution in [3.8, 4) is 0 Å². The van der Waals surface area contributed by atoms with E-state index in [4.69, 9.17) is 9.72 Å². The molecule has 0 unspecified atom stereocenters. The Morgan fingerprint density at radius 2 is 1.56 bits per heavy atom. The highest BCUT2D eigenvalue weighted by Crippen LogP contribution is 2.32. The maximum absolute atomic E-state index is 5.54. The summed E-state index contributed by atoms with van der Waals surface area (Å²) in [5.74, 6) is 2.40. The molecule has 2 aliphatic heterocycles. The van der Waals surface area contributed by atoms with Gasteiger partial charge in [-0.2, -0.15) is 0 Å². The van der Waals surface area contributed by atoms with Gasteiger partial charge in [-0.05, 0) is 43.5 Å². The minimum Gasteiger partial charge on any atom is -0.378 e. The van der Waals surface area contributed by atoms with Crippen molar-refractivity contribution in [2.24, 2.45) is 0 Å². The number of hydrogen-bond acceptors (Lipinski definition) is 4. The van der Waals surface area contributed by atoms with E-state index >= 15 is 0 Å². The van der Waals surface area contributed by atoms with E-state index in [2.05, 4.69) is 50.6 Å². The monoisotopic (exact) mass is 336 g/mol. The predicted molar refractivity (Wildman–Crippen MR) is 102 cm³/mol. The van der Waals surface area contributed by atoms with Gasteiger partial charge in [0.25, 0.3) is 0 Å². The summed E-state index contributed by atoms with van der Waals surface area (Å²) in [7, 11) is 0. The van der Waals surface area contributed by atoms with Gasteiger partial charge in [0.1, 0.15) is 5.82 Å². The zero-order chi connectivity index (χ0) is 16.6. The molecule has 3 aromatic rings. The molecule has 0 saturated carbocycles. The summed E-state index contributed by atoms with van der Waals surface area (Å²) < 4.78 is 7.95. The lowest BCUT2D eigenvalue weighted by Gasteiger charge is -2.30. The third kappa shape index (κ3) is 2.54. The largest absolute Gasteiger partial charge is 0.378 e. The van der Waals surface area contributed by atoms with E-state index in [0.29, 0.717) is 0 Å². The number of nitrogens with zero attached hydrogens (tertiary/aromatic N) is 4. The van der Waals surface area contributed by atoms with E-state index in [1.54, 1.807) is 0 Å². The van der Waals surface area contributed by atoms with Crippen LogP contribution >= 0.6 is 0 Å². The van der Waals surface area contributed by atoms with Crippen LogP contribution < -0.4 is 9.80 Å². The highest BCUT2D eigenvalue weighted by atomic mass is 16.5.